The molecule has 168 valence electrons. The Morgan fingerprint density at radius 2 is 1.56 bits per heavy atom. The van der Waals surface area contributed by atoms with Crippen LogP contribution in [0.4, 0.5) is 0 Å². The van der Waals surface area contributed by atoms with E-state index in [0.29, 0.717) is 36.8 Å². The van der Waals surface area contributed by atoms with Crippen LogP contribution in [0.5, 0.6) is 0 Å². The SMILES string of the molecule is Cc1ccc(C(=O)COC(=O)CCCCCN2C(=O)[C@@H]3[C@H]4C=C[C@@H]([C@@H]5C[C@@H]45)[C@H]3C2=O)cc1. The number of nitrogens with zero attached hydrogens (tertiary/aromatic N) is 1. The van der Waals surface area contributed by atoms with Gasteiger partial charge in [-0.1, -0.05) is 48.4 Å². The van der Waals surface area contributed by atoms with Crippen molar-refractivity contribution < 1.29 is 23.9 Å². The number of amides is 2. The number of hydrogen-bond donors (Lipinski definition) is 0. The lowest BCUT2D eigenvalue weighted by atomic mass is 9.63. The summed E-state index contributed by atoms with van der Waals surface area (Å²) in [4.78, 5) is 51.3. The lowest BCUT2D eigenvalue weighted by molar-refractivity contribution is -0.143. The summed E-state index contributed by atoms with van der Waals surface area (Å²) in [5, 5.41) is 0. The smallest absolute Gasteiger partial charge is 0.306 e. The Bertz CT molecular complexity index is 944. The van der Waals surface area contributed by atoms with E-state index in [2.05, 4.69) is 12.2 Å². The quantitative estimate of drug-likeness (QED) is 0.195. The molecule has 6 rings (SSSR count). The standard InChI is InChI=1S/C26H29NO5/c1-15-6-8-16(9-7-15)21(28)14-32-22(29)5-3-2-4-12-27-25(30)23-17-10-11-18(20-13-19(17)20)24(23)26(27)31/h6-11,17-20,23-24H,2-5,12-14H2,1H3/t17-,18-,19-,20-,23+,24+/m0/s1. The van der Waals surface area contributed by atoms with Gasteiger partial charge in [0.2, 0.25) is 11.8 Å². The lowest BCUT2D eigenvalue weighted by Gasteiger charge is -2.37. The van der Waals surface area contributed by atoms with Gasteiger partial charge in [-0.3, -0.25) is 24.1 Å². The maximum absolute atomic E-state index is 12.9. The molecule has 0 aromatic heterocycles. The fourth-order valence-corrected chi connectivity index (χ4v) is 6.00. The largest absolute Gasteiger partial charge is 0.457 e. The summed E-state index contributed by atoms with van der Waals surface area (Å²) in [7, 11) is 0. The van der Waals surface area contributed by atoms with Crippen molar-refractivity contribution in [1.29, 1.82) is 0 Å². The molecule has 2 saturated carbocycles. The first-order valence-corrected chi connectivity index (χ1v) is 11.7. The van der Waals surface area contributed by atoms with E-state index in [1.165, 1.54) is 11.3 Å². The summed E-state index contributed by atoms with van der Waals surface area (Å²) >= 11 is 0. The molecule has 0 radical (unpaired) electrons. The summed E-state index contributed by atoms with van der Waals surface area (Å²) in [5.41, 5.74) is 1.60. The molecule has 1 aromatic carbocycles. The number of imide groups is 1. The number of ether oxygens (including phenoxy) is 1. The second-order valence-corrected chi connectivity index (χ2v) is 9.74. The van der Waals surface area contributed by atoms with Crippen LogP contribution < -0.4 is 0 Å². The Hall–Kier alpha value is -2.76. The maximum atomic E-state index is 12.9. The van der Waals surface area contributed by atoms with Crippen LogP contribution in [0.25, 0.3) is 0 Å². The third kappa shape index (κ3) is 3.70. The summed E-state index contributed by atoms with van der Waals surface area (Å²) in [6.07, 6.45) is 7.78. The van der Waals surface area contributed by atoms with Crippen molar-refractivity contribution in [1.82, 2.24) is 4.90 Å². The number of benzene rings is 1. The first-order chi connectivity index (χ1) is 15.5. The first kappa shape index (κ1) is 21.1. The predicted octanol–water partition coefficient (Wildman–Crippen LogP) is 3.33. The number of esters is 1. The Morgan fingerprint density at radius 3 is 2.19 bits per heavy atom. The number of hydrogen-bond acceptors (Lipinski definition) is 5. The zero-order valence-electron chi connectivity index (χ0n) is 18.4. The van der Waals surface area contributed by atoms with E-state index in [9.17, 15) is 19.2 Å². The molecule has 4 aliphatic carbocycles. The number of aryl methyl sites for hydroxylation is 1. The van der Waals surface area contributed by atoms with E-state index < -0.39 is 5.97 Å². The van der Waals surface area contributed by atoms with Gasteiger partial charge in [-0.2, -0.15) is 0 Å². The molecule has 5 aliphatic rings. The molecule has 0 spiro atoms. The van der Waals surface area contributed by atoms with E-state index in [1.54, 1.807) is 12.1 Å². The highest BCUT2D eigenvalue weighted by Gasteiger charge is 2.66. The first-order valence-electron chi connectivity index (χ1n) is 11.7. The molecule has 3 fully saturated rings. The molecular formula is C26H29NO5. The zero-order valence-corrected chi connectivity index (χ0v) is 18.4. The maximum Gasteiger partial charge on any atom is 0.306 e. The van der Waals surface area contributed by atoms with E-state index in [-0.39, 0.29) is 54.3 Å². The second-order valence-electron chi connectivity index (χ2n) is 9.74. The van der Waals surface area contributed by atoms with Crippen molar-refractivity contribution in [2.24, 2.45) is 35.5 Å². The molecule has 2 bridgehead atoms. The van der Waals surface area contributed by atoms with Gasteiger partial charge in [0.05, 0.1) is 11.8 Å². The molecular weight excluding hydrogens is 406 g/mol. The zero-order chi connectivity index (χ0) is 22.4. The molecule has 6 heteroatoms. The van der Waals surface area contributed by atoms with Gasteiger partial charge in [0.1, 0.15) is 0 Å². The minimum Gasteiger partial charge on any atom is -0.457 e. The lowest BCUT2D eigenvalue weighted by Crippen LogP contribution is -2.40. The second kappa shape index (κ2) is 8.30. The number of unbranched alkanes of at least 4 members (excludes halogenated alkanes) is 2. The molecule has 32 heavy (non-hydrogen) atoms. The molecule has 1 aromatic rings. The molecule has 0 N–H and O–H groups in total. The predicted molar refractivity (Wildman–Crippen MR) is 116 cm³/mol. The highest BCUT2D eigenvalue weighted by molar-refractivity contribution is 6.06. The van der Waals surface area contributed by atoms with Gasteiger partial charge in [0.15, 0.2) is 12.4 Å². The number of carbonyl (C=O) groups is 4. The van der Waals surface area contributed by atoms with Crippen LogP contribution in [0.1, 0.15) is 48.0 Å². The Balaban J connectivity index is 1.02. The molecule has 1 heterocycles. The molecule has 1 saturated heterocycles. The van der Waals surface area contributed by atoms with Crippen LogP contribution in [-0.4, -0.2) is 41.6 Å². The monoisotopic (exact) mass is 435 g/mol. The van der Waals surface area contributed by atoms with Crippen LogP contribution in [0.15, 0.2) is 36.4 Å². The molecule has 1 aliphatic heterocycles. The number of carbonyl (C=O) groups excluding carboxylic acids is 4. The molecule has 0 unspecified atom stereocenters. The number of likely N-dealkylation sites (tertiary alicyclic amines) is 1. The van der Waals surface area contributed by atoms with Crippen LogP contribution in [-0.2, 0) is 19.1 Å². The number of Topliss-reactive ketones (excluding diaryl/α,β-unsaturated/α-hetero) is 1. The van der Waals surface area contributed by atoms with Crippen molar-refractivity contribution in [2.45, 2.75) is 39.0 Å². The average Bonchev–Trinajstić information content (AvgIpc) is 3.57. The molecule has 2 amide bonds. The van der Waals surface area contributed by atoms with Gasteiger partial charge >= 0.3 is 5.97 Å². The van der Waals surface area contributed by atoms with Gasteiger partial charge in [-0.15, -0.1) is 0 Å². The minimum atomic E-state index is -0.397. The van der Waals surface area contributed by atoms with Gasteiger partial charge in [0, 0.05) is 18.5 Å². The topological polar surface area (TPSA) is 80.8 Å². The van der Waals surface area contributed by atoms with Crippen LogP contribution in [0.2, 0.25) is 0 Å². The minimum absolute atomic E-state index is 0.0127. The van der Waals surface area contributed by atoms with Gasteiger partial charge in [-0.05, 0) is 49.9 Å². The number of allylic oxidation sites excluding steroid dienone is 2. The summed E-state index contributed by atoms with van der Waals surface area (Å²) in [5.74, 6) is 0.891. The average molecular weight is 436 g/mol. The Morgan fingerprint density at radius 1 is 0.938 bits per heavy atom. The molecule has 6 atom stereocenters. The summed E-state index contributed by atoms with van der Waals surface area (Å²) in [6.45, 7) is 2.13. The van der Waals surface area contributed by atoms with Crippen LogP contribution >= 0.6 is 0 Å². The number of ketones is 1. The third-order valence-electron chi connectivity index (χ3n) is 7.75. The van der Waals surface area contributed by atoms with Gasteiger partial charge in [0.25, 0.3) is 0 Å². The van der Waals surface area contributed by atoms with E-state index in [0.717, 1.165) is 12.0 Å². The molecule has 6 nitrogen and oxygen atoms in total. The fourth-order valence-electron chi connectivity index (χ4n) is 6.00. The highest BCUT2D eigenvalue weighted by Crippen LogP contribution is 2.65. The van der Waals surface area contributed by atoms with Crippen molar-refractivity contribution in [3.8, 4) is 0 Å². The summed E-state index contributed by atoms with van der Waals surface area (Å²) in [6, 6.07) is 7.16. The van der Waals surface area contributed by atoms with Crippen molar-refractivity contribution >= 4 is 23.6 Å². The Kier molecular flexibility index (Phi) is 5.48. The summed E-state index contributed by atoms with van der Waals surface area (Å²) < 4.78 is 5.10. The van der Waals surface area contributed by atoms with Crippen LogP contribution in [0, 0.1) is 42.4 Å². The third-order valence-corrected chi connectivity index (χ3v) is 7.75. The van der Waals surface area contributed by atoms with Crippen molar-refractivity contribution in [3.05, 3.63) is 47.5 Å². The fraction of sp³-hybridized carbons (Fsp3) is 0.538. The van der Waals surface area contributed by atoms with Gasteiger partial charge < -0.3 is 4.74 Å². The van der Waals surface area contributed by atoms with Crippen LogP contribution in [0.3, 0.4) is 0 Å². The van der Waals surface area contributed by atoms with E-state index in [4.69, 9.17) is 4.74 Å². The van der Waals surface area contributed by atoms with E-state index >= 15 is 0 Å². The normalized spacial score (nSPS) is 31.5. The van der Waals surface area contributed by atoms with Crippen molar-refractivity contribution in [2.75, 3.05) is 13.2 Å². The Labute approximate surface area is 188 Å². The van der Waals surface area contributed by atoms with Gasteiger partial charge in [-0.25, -0.2) is 0 Å². The number of rotatable bonds is 9. The van der Waals surface area contributed by atoms with Crippen molar-refractivity contribution in [3.63, 3.8) is 0 Å². The highest BCUT2D eigenvalue weighted by atomic mass is 16.5. The van der Waals surface area contributed by atoms with E-state index in [1.807, 2.05) is 19.1 Å².